The second kappa shape index (κ2) is 9.73. The Kier molecular flexibility index (Phi) is 7.60. The molecule has 154 valence electrons. The van der Waals surface area contributed by atoms with E-state index < -0.39 is 15.7 Å². The highest BCUT2D eigenvalue weighted by molar-refractivity contribution is 7.91. The van der Waals surface area contributed by atoms with Crippen molar-refractivity contribution in [2.45, 2.75) is 11.4 Å². The van der Waals surface area contributed by atoms with Crippen LogP contribution in [0.25, 0.3) is 22.3 Å². The van der Waals surface area contributed by atoms with Crippen LogP contribution in [0.3, 0.4) is 0 Å². The van der Waals surface area contributed by atoms with E-state index in [9.17, 15) is 12.8 Å². The molecule has 0 aliphatic heterocycles. The van der Waals surface area contributed by atoms with Crippen molar-refractivity contribution < 1.29 is 31.4 Å². The molecule has 1 aromatic carbocycles. The van der Waals surface area contributed by atoms with Crippen LogP contribution in [0.1, 0.15) is 7.85 Å². The predicted molar refractivity (Wildman–Crippen MR) is 105 cm³/mol. The van der Waals surface area contributed by atoms with Crippen molar-refractivity contribution >= 4 is 15.8 Å². The maximum Gasteiger partial charge on any atom is 1.00 e. The van der Waals surface area contributed by atoms with E-state index in [1.807, 2.05) is 0 Å². The summed E-state index contributed by atoms with van der Waals surface area (Å²) in [6, 6.07) is 7.69. The molecular weight excluding hydrogens is 419 g/mol. The van der Waals surface area contributed by atoms with Gasteiger partial charge in [0.05, 0.1) is 5.75 Å². The van der Waals surface area contributed by atoms with E-state index in [1.165, 1.54) is 31.8 Å². The number of nitrogen functional groups attached to an aromatic ring is 1. The van der Waals surface area contributed by atoms with Crippen molar-refractivity contribution in [1.29, 1.82) is 0 Å². The maximum absolute atomic E-state index is 14.7. The van der Waals surface area contributed by atoms with E-state index in [2.05, 4.69) is 15.0 Å². The summed E-state index contributed by atoms with van der Waals surface area (Å²) in [6.07, 6.45) is 4.61. The first-order valence-corrected chi connectivity index (χ1v) is 10.1. The van der Waals surface area contributed by atoms with Crippen LogP contribution in [0.4, 0.5) is 10.3 Å². The van der Waals surface area contributed by atoms with Crippen molar-refractivity contribution in [3.8, 4) is 22.3 Å². The summed E-state index contributed by atoms with van der Waals surface area (Å²) in [5, 5.41) is -0.0749. The van der Waals surface area contributed by atoms with Gasteiger partial charge in [-0.15, -0.1) is 0 Å². The maximum atomic E-state index is 14.7. The number of halogens is 2. The molecule has 2 N–H and O–H groups in total. The van der Waals surface area contributed by atoms with Crippen LogP contribution < -0.4 is 18.1 Å². The Labute approximate surface area is 176 Å². The molecule has 0 aliphatic carbocycles. The minimum absolute atomic E-state index is 0. The Bertz CT molecular complexity index is 1090. The lowest BCUT2D eigenvalue weighted by Crippen LogP contribution is -3.00. The van der Waals surface area contributed by atoms with Gasteiger partial charge < -0.3 is 22.9 Å². The highest BCUT2D eigenvalue weighted by Crippen LogP contribution is 2.31. The molecule has 10 heteroatoms. The zero-order valence-corrected chi connectivity index (χ0v) is 17.1. The van der Waals surface area contributed by atoms with Crippen molar-refractivity contribution in [3.05, 3.63) is 54.7 Å². The third-order valence-corrected chi connectivity index (χ3v) is 5.83. The SMILES string of the molecule is COCCCS(=O)(=O)c1ncccc1-c1ccc(-c2cnc(N)nc2)c(F)c1.[Cl-].[H+]. The van der Waals surface area contributed by atoms with Crippen LogP contribution in [0, 0.1) is 5.82 Å². The van der Waals surface area contributed by atoms with E-state index in [0.717, 1.165) is 0 Å². The first-order valence-electron chi connectivity index (χ1n) is 8.47. The lowest BCUT2D eigenvalue weighted by molar-refractivity contribution is -0.00000914. The summed E-state index contributed by atoms with van der Waals surface area (Å²) in [4.78, 5) is 11.8. The first kappa shape index (κ1) is 22.7. The molecule has 29 heavy (non-hydrogen) atoms. The van der Waals surface area contributed by atoms with Gasteiger partial charge >= 0.3 is 1.43 Å². The topological polar surface area (TPSA) is 108 Å². The minimum Gasteiger partial charge on any atom is -1.00 e. The molecular formula is C19H20ClFN4O3S. The van der Waals surface area contributed by atoms with Gasteiger partial charge in [-0.05, 0) is 30.2 Å². The van der Waals surface area contributed by atoms with E-state index in [4.69, 9.17) is 10.5 Å². The number of anilines is 1. The van der Waals surface area contributed by atoms with E-state index in [1.54, 1.807) is 24.3 Å². The molecule has 0 atom stereocenters. The molecule has 0 bridgehead atoms. The Balaban J connectivity index is 0.00000225. The molecule has 0 saturated heterocycles. The molecule has 7 nitrogen and oxygen atoms in total. The molecule has 0 spiro atoms. The Morgan fingerprint density at radius 2 is 1.83 bits per heavy atom. The second-order valence-corrected chi connectivity index (χ2v) is 8.07. The largest absolute Gasteiger partial charge is 1.00 e. The van der Waals surface area contributed by atoms with Crippen molar-refractivity contribution in [3.63, 3.8) is 0 Å². The van der Waals surface area contributed by atoms with Crippen molar-refractivity contribution in [2.75, 3.05) is 25.2 Å². The van der Waals surface area contributed by atoms with Crippen LogP contribution in [0.5, 0.6) is 0 Å². The number of ether oxygens (including phenoxy) is 1. The van der Waals surface area contributed by atoms with Crippen LogP contribution in [-0.4, -0.2) is 42.8 Å². The fraction of sp³-hybridized carbons (Fsp3) is 0.211. The summed E-state index contributed by atoms with van der Waals surface area (Å²) in [7, 11) is -2.13. The number of nitrogens with zero attached hydrogens (tertiary/aromatic N) is 3. The van der Waals surface area contributed by atoms with Gasteiger partial charge in [0.1, 0.15) is 5.82 Å². The Hall–Kier alpha value is -2.62. The molecule has 0 radical (unpaired) electrons. The highest BCUT2D eigenvalue weighted by Gasteiger charge is 2.21. The smallest absolute Gasteiger partial charge is 1.00 e. The first-order chi connectivity index (χ1) is 13.4. The molecule has 0 saturated carbocycles. The lowest BCUT2D eigenvalue weighted by Gasteiger charge is -2.11. The number of hydrogen-bond donors (Lipinski definition) is 1. The van der Waals surface area contributed by atoms with Gasteiger partial charge in [-0.25, -0.2) is 27.8 Å². The average molecular weight is 439 g/mol. The molecule has 0 amide bonds. The van der Waals surface area contributed by atoms with Crippen LogP contribution in [0.2, 0.25) is 0 Å². The van der Waals surface area contributed by atoms with Crippen LogP contribution in [-0.2, 0) is 14.6 Å². The number of benzene rings is 1. The van der Waals surface area contributed by atoms with Crippen LogP contribution in [0.15, 0.2) is 53.9 Å². The molecule has 0 fully saturated rings. The standard InChI is InChI=1S/C19H19FN4O3S.ClH/c1-27-8-3-9-28(25,26)18-16(4-2-7-22-18)13-5-6-15(17(20)10-13)14-11-23-19(21)24-12-14;/h2,4-7,10-12H,3,8-9H2,1H3,(H2,21,23,24);1H. The van der Waals surface area contributed by atoms with E-state index in [-0.39, 0.29) is 36.1 Å². The predicted octanol–water partition coefficient (Wildman–Crippen LogP) is -0.146. The van der Waals surface area contributed by atoms with Crippen molar-refractivity contribution in [1.82, 2.24) is 15.0 Å². The molecule has 2 aromatic heterocycles. The van der Waals surface area contributed by atoms with Gasteiger partial charge in [0.15, 0.2) is 14.9 Å². The number of pyridine rings is 1. The molecule has 0 aliphatic rings. The van der Waals surface area contributed by atoms with Gasteiger partial charge in [-0.3, -0.25) is 0 Å². The molecule has 0 unspecified atom stereocenters. The normalized spacial score (nSPS) is 11.1. The monoisotopic (exact) mass is 438 g/mol. The zero-order valence-electron chi connectivity index (χ0n) is 16.5. The minimum atomic E-state index is -3.64. The van der Waals surface area contributed by atoms with Crippen molar-refractivity contribution in [2.24, 2.45) is 0 Å². The van der Waals surface area contributed by atoms with Gasteiger partial charge in [0.2, 0.25) is 5.95 Å². The molecule has 2 heterocycles. The van der Waals surface area contributed by atoms with Crippen LogP contribution >= 0.6 is 0 Å². The van der Waals surface area contributed by atoms with E-state index in [0.29, 0.717) is 29.7 Å². The number of sulfone groups is 1. The third-order valence-electron chi connectivity index (χ3n) is 4.09. The third kappa shape index (κ3) is 5.26. The summed E-state index contributed by atoms with van der Waals surface area (Å²) < 4.78 is 45.0. The van der Waals surface area contributed by atoms with Gasteiger partial charge in [-0.1, -0.05) is 12.1 Å². The zero-order chi connectivity index (χ0) is 20.1. The fourth-order valence-electron chi connectivity index (χ4n) is 2.74. The lowest BCUT2D eigenvalue weighted by atomic mass is 10.0. The Morgan fingerprint density at radius 3 is 2.48 bits per heavy atom. The number of methoxy groups -OCH3 is 1. The Morgan fingerprint density at radius 1 is 1.10 bits per heavy atom. The number of nitrogens with two attached hydrogens (primary N) is 1. The average Bonchev–Trinajstić information content (AvgIpc) is 2.69. The second-order valence-electron chi connectivity index (χ2n) is 6.05. The summed E-state index contributed by atoms with van der Waals surface area (Å²) in [5.74, 6) is -0.536. The summed E-state index contributed by atoms with van der Waals surface area (Å²) in [5.41, 5.74) is 6.97. The quantitative estimate of drug-likeness (QED) is 0.511. The summed E-state index contributed by atoms with van der Waals surface area (Å²) >= 11 is 0. The van der Waals surface area contributed by atoms with Gasteiger partial charge in [0, 0.05) is 49.0 Å². The van der Waals surface area contributed by atoms with Gasteiger partial charge in [-0.2, -0.15) is 0 Å². The summed E-state index contributed by atoms with van der Waals surface area (Å²) in [6.45, 7) is 0.328. The number of rotatable bonds is 7. The van der Waals surface area contributed by atoms with Gasteiger partial charge in [0.25, 0.3) is 0 Å². The molecule has 3 rings (SSSR count). The fourth-order valence-corrected chi connectivity index (χ4v) is 4.18. The molecule has 3 aromatic rings. The highest BCUT2D eigenvalue weighted by atomic mass is 35.5. The number of aromatic nitrogens is 3. The van der Waals surface area contributed by atoms with E-state index >= 15 is 0 Å². The number of hydrogen-bond acceptors (Lipinski definition) is 7.